The molecule has 2 unspecified atom stereocenters. The van der Waals surface area contributed by atoms with E-state index < -0.39 is 0 Å². The lowest BCUT2D eigenvalue weighted by molar-refractivity contribution is 0.253. The summed E-state index contributed by atoms with van der Waals surface area (Å²) in [4.78, 5) is 7.20. The summed E-state index contributed by atoms with van der Waals surface area (Å²) in [6, 6.07) is 8.78. The van der Waals surface area contributed by atoms with Crippen LogP contribution in [0.15, 0.2) is 33.7 Å². The summed E-state index contributed by atoms with van der Waals surface area (Å²) in [6.45, 7) is 8.16. The summed E-state index contributed by atoms with van der Waals surface area (Å²) in [5.41, 5.74) is 1.25. The van der Waals surface area contributed by atoms with E-state index in [1.807, 2.05) is 0 Å². The van der Waals surface area contributed by atoms with Crippen molar-refractivity contribution in [1.29, 1.82) is 0 Å². The van der Waals surface area contributed by atoms with Crippen LogP contribution in [0.3, 0.4) is 0 Å². The van der Waals surface area contributed by atoms with Gasteiger partial charge in [0.05, 0.1) is 5.69 Å². The van der Waals surface area contributed by atoms with E-state index in [4.69, 9.17) is 4.99 Å². The number of nitrogens with one attached hydrogen (secondary N) is 2. The molecule has 1 fully saturated rings. The number of anilines is 1. The average molecular weight is 553 g/mol. The van der Waals surface area contributed by atoms with Crippen LogP contribution in [-0.2, 0) is 0 Å². The third-order valence-corrected chi connectivity index (χ3v) is 5.48. The van der Waals surface area contributed by atoms with Gasteiger partial charge in [0.2, 0.25) is 0 Å². The second kappa shape index (κ2) is 13.6. The third-order valence-electron chi connectivity index (χ3n) is 4.81. The van der Waals surface area contributed by atoms with E-state index in [-0.39, 0.29) is 30.6 Å². The van der Waals surface area contributed by atoms with Gasteiger partial charge in [-0.05, 0) is 60.2 Å². The Morgan fingerprint density at radius 1 is 1.33 bits per heavy atom. The maximum absolute atomic E-state index is 9.23. The summed E-state index contributed by atoms with van der Waals surface area (Å²) in [7, 11) is 0. The number of benzene rings is 1. The quantitative estimate of drug-likeness (QED) is 0.246. The van der Waals surface area contributed by atoms with Crippen molar-refractivity contribution in [1.82, 2.24) is 10.6 Å². The summed E-state index contributed by atoms with van der Waals surface area (Å²) in [6.07, 6.45) is 4.17. The van der Waals surface area contributed by atoms with Gasteiger partial charge in [-0.1, -0.05) is 25.5 Å². The summed E-state index contributed by atoms with van der Waals surface area (Å²) in [5.74, 6) is 1.35. The first-order chi connectivity index (χ1) is 12.7. The lowest BCUT2D eigenvalue weighted by atomic mass is 10.0. The molecule has 1 aromatic carbocycles. The highest BCUT2D eigenvalue weighted by Crippen LogP contribution is 2.28. The second-order valence-electron chi connectivity index (χ2n) is 6.91. The third kappa shape index (κ3) is 8.15. The first kappa shape index (κ1) is 24.5. The minimum Gasteiger partial charge on any atom is -0.396 e. The molecule has 2 rings (SSSR count). The van der Waals surface area contributed by atoms with Gasteiger partial charge >= 0.3 is 0 Å². The van der Waals surface area contributed by atoms with Crippen LogP contribution in [0.1, 0.15) is 39.5 Å². The molecule has 0 aliphatic carbocycles. The van der Waals surface area contributed by atoms with Gasteiger partial charge in [-0.2, -0.15) is 0 Å². The minimum absolute atomic E-state index is 0. The number of aliphatic imine (C=N–C) groups is 1. The fourth-order valence-electron chi connectivity index (χ4n) is 3.46. The highest BCUT2D eigenvalue weighted by molar-refractivity contribution is 14.0. The number of nitrogens with zero attached hydrogens (tertiary/aromatic N) is 2. The molecule has 1 aliphatic heterocycles. The standard InChI is InChI=1S/C20H33BrN4O.HI/c1-3-7-16(11-13-26)14-23-20(22-4-2)24-17-10-12-25(15-17)19-9-6-5-8-18(19)21;/h5-6,8-9,16-17,26H,3-4,7,10-15H2,1-2H3,(H2,22,23,24);1H. The maximum Gasteiger partial charge on any atom is 0.191 e. The first-order valence-corrected chi connectivity index (χ1v) is 10.6. The van der Waals surface area contributed by atoms with Crippen LogP contribution < -0.4 is 15.5 Å². The highest BCUT2D eigenvalue weighted by atomic mass is 127. The summed E-state index contributed by atoms with van der Waals surface area (Å²) >= 11 is 3.65. The molecule has 5 nitrogen and oxygen atoms in total. The Hall–Kier alpha value is -0.540. The molecule has 1 aliphatic rings. The van der Waals surface area contributed by atoms with E-state index in [0.29, 0.717) is 12.0 Å². The molecule has 0 bridgehead atoms. The van der Waals surface area contributed by atoms with Crippen LogP contribution in [0.5, 0.6) is 0 Å². The molecule has 2 atom stereocenters. The first-order valence-electron chi connectivity index (χ1n) is 9.83. The zero-order chi connectivity index (χ0) is 18.8. The Bertz CT molecular complexity index is 567. The van der Waals surface area contributed by atoms with Crippen LogP contribution in [-0.4, -0.2) is 49.9 Å². The monoisotopic (exact) mass is 552 g/mol. The molecule has 7 heteroatoms. The highest BCUT2D eigenvalue weighted by Gasteiger charge is 2.24. The van der Waals surface area contributed by atoms with Gasteiger partial charge in [0.25, 0.3) is 0 Å². The van der Waals surface area contributed by atoms with Crippen LogP contribution in [0.25, 0.3) is 0 Å². The number of guanidine groups is 1. The number of aliphatic hydroxyl groups is 1. The van der Waals surface area contributed by atoms with Gasteiger partial charge in [0.15, 0.2) is 5.96 Å². The van der Waals surface area contributed by atoms with Gasteiger partial charge in [0, 0.05) is 43.3 Å². The van der Waals surface area contributed by atoms with Crippen LogP contribution in [0.2, 0.25) is 0 Å². The van der Waals surface area contributed by atoms with Crippen molar-refractivity contribution in [2.45, 2.75) is 45.6 Å². The largest absolute Gasteiger partial charge is 0.396 e. The van der Waals surface area contributed by atoms with Gasteiger partial charge in [-0.15, -0.1) is 24.0 Å². The molecule has 1 saturated heterocycles. The van der Waals surface area contributed by atoms with E-state index in [1.165, 1.54) is 5.69 Å². The average Bonchev–Trinajstić information content (AvgIpc) is 3.08. The molecule has 0 spiro atoms. The van der Waals surface area contributed by atoms with Crippen LogP contribution in [0, 0.1) is 5.92 Å². The smallest absolute Gasteiger partial charge is 0.191 e. The molecule has 1 heterocycles. The Labute approximate surface area is 189 Å². The number of hydrogen-bond acceptors (Lipinski definition) is 3. The lowest BCUT2D eigenvalue weighted by Gasteiger charge is -2.22. The Morgan fingerprint density at radius 3 is 2.78 bits per heavy atom. The number of aliphatic hydroxyl groups excluding tert-OH is 1. The Balaban J connectivity index is 0.00000364. The van der Waals surface area contributed by atoms with Crippen molar-refractivity contribution in [2.75, 3.05) is 37.7 Å². The van der Waals surface area contributed by atoms with E-state index in [0.717, 1.165) is 62.3 Å². The topological polar surface area (TPSA) is 59.9 Å². The molecule has 1 aromatic rings. The van der Waals surface area contributed by atoms with Crippen molar-refractivity contribution in [2.24, 2.45) is 10.9 Å². The van der Waals surface area contributed by atoms with E-state index in [1.54, 1.807) is 0 Å². The van der Waals surface area contributed by atoms with Crippen LogP contribution in [0.4, 0.5) is 5.69 Å². The molecule has 27 heavy (non-hydrogen) atoms. The van der Waals surface area contributed by atoms with Crippen molar-refractivity contribution in [3.63, 3.8) is 0 Å². The molecule has 154 valence electrons. The predicted octanol–water partition coefficient (Wildman–Crippen LogP) is 4.00. The van der Waals surface area contributed by atoms with Gasteiger partial charge < -0.3 is 20.6 Å². The molecule has 0 amide bonds. The molecule has 0 saturated carbocycles. The van der Waals surface area contributed by atoms with Crippen molar-refractivity contribution in [3.05, 3.63) is 28.7 Å². The SMILES string of the molecule is CCCC(CCO)CN=C(NCC)NC1CCN(c2ccccc2Br)C1.I. The van der Waals surface area contributed by atoms with Gasteiger partial charge in [0.1, 0.15) is 0 Å². The number of rotatable bonds is 9. The van der Waals surface area contributed by atoms with E-state index in [2.05, 4.69) is 69.6 Å². The Morgan fingerprint density at radius 2 is 2.11 bits per heavy atom. The number of para-hydroxylation sites is 1. The molecule has 0 aromatic heterocycles. The van der Waals surface area contributed by atoms with Crippen molar-refractivity contribution < 1.29 is 5.11 Å². The predicted molar refractivity (Wildman–Crippen MR) is 129 cm³/mol. The zero-order valence-corrected chi connectivity index (χ0v) is 20.4. The fraction of sp³-hybridized carbons (Fsp3) is 0.650. The summed E-state index contributed by atoms with van der Waals surface area (Å²) < 4.78 is 1.15. The number of hydrogen-bond donors (Lipinski definition) is 3. The molecule has 3 N–H and O–H groups in total. The van der Waals surface area contributed by atoms with E-state index in [9.17, 15) is 5.11 Å². The normalized spacial score (nSPS) is 18.1. The van der Waals surface area contributed by atoms with Crippen LogP contribution >= 0.6 is 39.9 Å². The van der Waals surface area contributed by atoms with E-state index >= 15 is 0 Å². The molecular weight excluding hydrogens is 519 g/mol. The molecule has 0 radical (unpaired) electrons. The maximum atomic E-state index is 9.23. The molecular formula is C20H34BrIN4O. The van der Waals surface area contributed by atoms with Gasteiger partial charge in [-0.25, -0.2) is 0 Å². The van der Waals surface area contributed by atoms with Crippen molar-refractivity contribution >= 4 is 51.6 Å². The zero-order valence-electron chi connectivity index (χ0n) is 16.5. The summed E-state index contributed by atoms with van der Waals surface area (Å²) in [5, 5.41) is 16.2. The van der Waals surface area contributed by atoms with Gasteiger partial charge in [-0.3, -0.25) is 4.99 Å². The lowest BCUT2D eigenvalue weighted by Crippen LogP contribution is -2.44. The second-order valence-corrected chi connectivity index (χ2v) is 7.77. The minimum atomic E-state index is 0. The van der Waals surface area contributed by atoms with Crippen molar-refractivity contribution in [3.8, 4) is 0 Å². The Kier molecular flexibility index (Phi) is 12.3. The fourth-order valence-corrected chi connectivity index (χ4v) is 3.99. The number of halogens is 2.